The van der Waals surface area contributed by atoms with Gasteiger partial charge in [0.15, 0.2) is 0 Å². The van der Waals surface area contributed by atoms with Crippen LogP contribution < -0.4 is 5.32 Å². The van der Waals surface area contributed by atoms with E-state index < -0.39 is 5.41 Å². The van der Waals surface area contributed by atoms with Crippen LogP contribution in [0.4, 0.5) is 4.39 Å². The minimum atomic E-state index is -0.587. The number of halogens is 1. The van der Waals surface area contributed by atoms with E-state index in [1.165, 1.54) is 12.1 Å². The summed E-state index contributed by atoms with van der Waals surface area (Å²) in [5.41, 5.74) is 0.311. The van der Waals surface area contributed by atoms with Gasteiger partial charge in [-0.15, -0.1) is 0 Å². The third kappa shape index (κ3) is 4.21. The first-order valence-corrected chi connectivity index (χ1v) is 9.48. The molecule has 0 aliphatic carbocycles. The zero-order valence-electron chi connectivity index (χ0n) is 15.1. The molecule has 0 atom stereocenters. The SMILES string of the molecule is CCN1CCC(CNC(=O)C2(c3ccc(F)cc3)CCOCC2)CC1. The zero-order valence-corrected chi connectivity index (χ0v) is 15.1. The average molecular weight is 348 g/mol. The Bertz CT molecular complexity index is 562. The highest BCUT2D eigenvalue weighted by Gasteiger charge is 2.41. The minimum absolute atomic E-state index is 0.0697. The van der Waals surface area contributed by atoms with Gasteiger partial charge < -0.3 is 15.0 Å². The van der Waals surface area contributed by atoms with Crippen LogP contribution >= 0.6 is 0 Å². The van der Waals surface area contributed by atoms with Crippen LogP contribution in [0.1, 0.15) is 38.2 Å². The normalized spacial score (nSPS) is 21.8. The fourth-order valence-electron chi connectivity index (χ4n) is 4.05. The van der Waals surface area contributed by atoms with Gasteiger partial charge in [0, 0.05) is 19.8 Å². The number of nitrogens with one attached hydrogen (secondary N) is 1. The van der Waals surface area contributed by atoms with Crippen molar-refractivity contribution in [2.75, 3.05) is 39.4 Å². The van der Waals surface area contributed by atoms with E-state index in [1.54, 1.807) is 12.1 Å². The fourth-order valence-corrected chi connectivity index (χ4v) is 4.05. The van der Waals surface area contributed by atoms with Crippen LogP contribution in [0.3, 0.4) is 0 Å². The molecule has 0 unspecified atom stereocenters. The summed E-state index contributed by atoms with van der Waals surface area (Å²) in [6.45, 7) is 7.41. The first-order valence-electron chi connectivity index (χ1n) is 9.48. The first-order chi connectivity index (χ1) is 12.1. The van der Waals surface area contributed by atoms with Crippen LogP contribution in [0.5, 0.6) is 0 Å². The number of carbonyl (C=O) groups is 1. The number of piperidine rings is 1. The van der Waals surface area contributed by atoms with Gasteiger partial charge in [0.25, 0.3) is 0 Å². The lowest BCUT2D eigenvalue weighted by molar-refractivity contribution is -0.130. The molecule has 1 aromatic carbocycles. The number of rotatable bonds is 5. The first kappa shape index (κ1) is 18.3. The number of ether oxygens (including phenoxy) is 1. The molecule has 0 bridgehead atoms. The highest BCUT2D eigenvalue weighted by Crippen LogP contribution is 2.35. The summed E-state index contributed by atoms with van der Waals surface area (Å²) in [4.78, 5) is 15.6. The standard InChI is InChI=1S/C20H29FN2O2/c1-2-23-11-7-16(8-12-23)15-22-19(24)20(9-13-25-14-10-20)17-3-5-18(21)6-4-17/h3-6,16H,2,7-15H2,1H3,(H,22,24). The molecule has 1 amide bonds. The number of hydrogen-bond donors (Lipinski definition) is 1. The Morgan fingerprint density at radius 3 is 2.48 bits per heavy atom. The Morgan fingerprint density at radius 2 is 1.88 bits per heavy atom. The predicted octanol–water partition coefficient (Wildman–Crippen LogP) is 2.72. The molecule has 2 fully saturated rings. The van der Waals surface area contributed by atoms with Crippen LogP contribution in [-0.4, -0.2) is 50.2 Å². The Balaban J connectivity index is 1.65. The second-order valence-electron chi connectivity index (χ2n) is 7.29. The topological polar surface area (TPSA) is 41.6 Å². The van der Waals surface area contributed by atoms with Crippen LogP contribution in [0.25, 0.3) is 0 Å². The van der Waals surface area contributed by atoms with Gasteiger partial charge in [-0.1, -0.05) is 19.1 Å². The Hall–Kier alpha value is -1.46. The van der Waals surface area contributed by atoms with E-state index in [0.717, 1.165) is 44.6 Å². The lowest BCUT2D eigenvalue weighted by Crippen LogP contribution is -2.49. The molecular formula is C20H29FN2O2. The van der Waals surface area contributed by atoms with Gasteiger partial charge in [0.1, 0.15) is 5.82 Å². The van der Waals surface area contributed by atoms with E-state index in [0.29, 0.717) is 32.0 Å². The number of carbonyl (C=O) groups excluding carboxylic acids is 1. The molecule has 138 valence electrons. The summed E-state index contributed by atoms with van der Waals surface area (Å²) in [5, 5.41) is 3.20. The van der Waals surface area contributed by atoms with Crippen molar-refractivity contribution in [3.63, 3.8) is 0 Å². The minimum Gasteiger partial charge on any atom is -0.381 e. The third-order valence-corrected chi connectivity index (χ3v) is 5.88. The van der Waals surface area contributed by atoms with Crippen molar-refractivity contribution in [1.82, 2.24) is 10.2 Å². The van der Waals surface area contributed by atoms with Crippen LogP contribution in [0.2, 0.25) is 0 Å². The Labute approximate surface area is 149 Å². The second-order valence-corrected chi connectivity index (χ2v) is 7.29. The number of amides is 1. The molecule has 2 aliphatic heterocycles. The highest BCUT2D eigenvalue weighted by atomic mass is 19.1. The monoisotopic (exact) mass is 348 g/mol. The van der Waals surface area contributed by atoms with Gasteiger partial charge in [-0.05, 0) is 68.9 Å². The molecule has 3 rings (SSSR count). The fraction of sp³-hybridized carbons (Fsp3) is 0.650. The van der Waals surface area contributed by atoms with Gasteiger partial charge in [-0.2, -0.15) is 0 Å². The predicted molar refractivity (Wildman–Crippen MR) is 96.0 cm³/mol. The van der Waals surface area contributed by atoms with Crippen molar-refractivity contribution >= 4 is 5.91 Å². The molecule has 1 N–H and O–H groups in total. The maximum atomic E-state index is 13.3. The number of likely N-dealkylation sites (tertiary alicyclic amines) is 1. The molecule has 25 heavy (non-hydrogen) atoms. The molecule has 0 radical (unpaired) electrons. The maximum Gasteiger partial charge on any atom is 0.230 e. The Kier molecular flexibility index (Phi) is 6.07. The number of hydrogen-bond acceptors (Lipinski definition) is 3. The van der Waals surface area contributed by atoms with Gasteiger partial charge in [0.05, 0.1) is 5.41 Å². The van der Waals surface area contributed by atoms with E-state index in [-0.39, 0.29) is 11.7 Å². The quantitative estimate of drug-likeness (QED) is 0.890. The van der Waals surface area contributed by atoms with Gasteiger partial charge in [-0.3, -0.25) is 4.79 Å². The third-order valence-electron chi connectivity index (χ3n) is 5.88. The van der Waals surface area contributed by atoms with Crippen molar-refractivity contribution in [3.8, 4) is 0 Å². The molecule has 0 aromatic heterocycles. The molecule has 2 heterocycles. The van der Waals surface area contributed by atoms with Crippen LogP contribution in [0.15, 0.2) is 24.3 Å². The number of benzene rings is 1. The van der Waals surface area contributed by atoms with Gasteiger partial charge >= 0.3 is 0 Å². The highest BCUT2D eigenvalue weighted by molar-refractivity contribution is 5.88. The second kappa shape index (κ2) is 8.28. The van der Waals surface area contributed by atoms with E-state index in [1.807, 2.05) is 0 Å². The molecule has 0 spiro atoms. The molecule has 2 aliphatic rings. The number of nitrogens with zero attached hydrogens (tertiary/aromatic N) is 1. The summed E-state index contributed by atoms with van der Waals surface area (Å²) in [6.07, 6.45) is 3.58. The van der Waals surface area contributed by atoms with E-state index in [2.05, 4.69) is 17.1 Å². The summed E-state index contributed by atoms with van der Waals surface area (Å²) in [6, 6.07) is 6.39. The molecule has 5 heteroatoms. The van der Waals surface area contributed by atoms with Crippen molar-refractivity contribution < 1.29 is 13.9 Å². The lowest BCUT2D eigenvalue weighted by Gasteiger charge is -2.37. The Morgan fingerprint density at radius 1 is 1.24 bits per heavy atom. The van der Waals surface area contributed by atoms with Crippen LogP contribution in [0, 0.1) is 11.7 Å². The molecule has 4 nitrogen and oxygen atoms in total. The van der Waals surface area contributed by atoms with Crippen molar-refractivity contribution in [2.24, 2.45) is 5.92 Å². The van der Waals surface area contributed by atoms with E-state index in [9.17, 15) is 9.18 Å². The maximum absolute atomic E-state index is 13.3. The van der Waals surface area contributed by atoms with Crippen molar-refractivity contribution in [3.05, 3.63) is 35.6 Å². The smallest absolute Gasteiger partial charge is 0.230 e. The molecule has 2 saturated heterocycles. The molecule has 0 saturated carbocycles. The summed E-state index contributed by atoms with van der Waals surface area (Å²) in [5.74, 6) is 0.353. The van der Waals surface area contributed by atoms with Crippen molar-refractivity contribution in [1.29, 1.82) is 0 Å². The lowest BCUT2D eigenvalue weighted by atomic mass is 9.73. The van der Waals surface area contributed by atoms with Gasteiger partial charge in [0.2, 0.25) is 5.91 Å². The largest absolute Gasteiger partial charge is 0.381 e. The molecule has 1 aromatic rings. The summed E-state index contributed by atoms with van der Waals surface area (Å²) in [7, 11) is 0. The van der Waals surface area contributed by atoms with Gasteiger partial charge in [-0.25, -0.2) is 4.39 Å². The summed E-state index contributed by atoms with van der Waals surface area (Å²) < 4.78 is 18.8. The van der Waals surface area contributed by atoms with E-state index in [4.69, 9.17) is 4.74 Å². The van der Waals surface area contributed by atoms with E-state index >= 15 is 0 Å². The summed E-state index contributed by atoms with van der Waals surface area (Å²) >= 11 is 0. The molecular weight excluding hydrogens is 319 g/mol. The van der Waals surface area contributed by atoms with Crippen LogP contribution in [-0.2, 0) is 14.9 Å². The van der Waals surface area contributed by atoms with Crippen molar-refractivity contribution in [2.45, 2.75) is 38.0 Å². The zero-order chi connectivity index (χ0) is 17.7. The average Bonchev–Trinajstić information content (AvgIpc) is 2.67.